The Hall–Kier alpha value is -1.63. The van der Waals surface area contributed by atoms with Crippen molar-refractivity contribution in [2.24, 2.45) is 11.8 Å². The van der Waals surface area contributed by atoms with Crippen molar-refractivity contribution in [3.05, 3.63) is 0 Å². The second-order valence-corrected chi connectivity index (χ2v) is 4.51. The van der Waals surface area contributed by atoms with Crippen LogP contribution in [0.5, 0.6) is 6.01 Å². The van der Waals surface area contributed by atoms with Crippen LogP contribution in [-0.2, 0) is 0 Å². The van der Waals surface area contributed by atoms with E-state index < -0.39 is 0 Å². The van der Waals surface area contributed by atoms with Gasteiger partial charge in [-0.15, -0.1) is 0 Å². The number of aromatic nitrogens is 3. The molecule has 0 spiro atoms. The van der Waals surface area contributed by atoms with Gasteiger partial charge in [-0.2, -0.15) is 15.0 Å². The summed E-state index contributed by atoms with van der Waals surface area (Å²) in [5.41, 5.74) is 2.45. The van der Waals surface area contributed by atoms with Crippen LogP contribution in [0.4, 0.5) is 11.9 Å². The maximum absolute atomic E-state index is 5.36. The topological polar surface area (TPSA) is 89.2 Å². The summed E-state index contributed by atoms with van der Waals surface area (Å²) in [6.45, 7) is 6.56. The first-order valence-electron chi connectivity index (χ1n) is 6.33. The van der Waals surface area contributed by atoms with Gasteiger partial charge in [0.25, 0.3) is 0 Å². The molecule has 1 aromatic rings. The SMILES string of the molecule is CCOc1nc(NN)nc(N2CCCC(C)C2)n1. The van der Waals surface area contributed by atoms with Gasteiger partial charge < -0.3 is 9.64 Å². The standard InChI is InChI=1S/C11H20N6O/c1-3-18-11-14-9(16-12)13-10(15-11)17-6-4-5-8(2)7-17/h8H,3-7,12H2,1-2H3,(H,13,14,15,16). The molecule has 3 N–H and O–H groups in total. The Morgan fingerprint density at radius 3 is 2.94 bits per heavy atom. The van der Waals surface area contributed by atoms with Crippen LogP contribution in [0.2, 0.25) is 0 Å². The number of nitrogens with two attached hydrogens (primary N) is 1. The summed E-state index contributed by atoms with van der Waals surface area (Å²) in [5.74, 6) is 6.98. The van der Waals surface area contributed by atoms with Crippen LogP contribution in [0.3, 0.4) is 0 Å². The number of nitrogens with zero attached hydrogens (tertiary/aromatic N) is 4. The van der Waals surface area contributed by atoms with Gasteiger partial charge in [0.2, 0.25) is 11.9 Å². The van der Waals surface area contributed by atoms with Crippen LogP contribution < -0.4 is 20.9 Å². The smallest absolute Gasteiger partial charge is 0.323 e. The molecule has 18 heavy (non-hydrogen) atoms. The summed E-state index contributed by atoms with van der Waals surface area (Å²) >= 11 is 0. The van der Waals surface area contributed by atoms with Gasteiger partial charge in [0, 0.05) is 13.1 Å². The normalized spacial score (nSPS) is 19.7. The third kappa shape index (κ3) is 2.98. The summed E-state index contributed by atoms with van der Waals surface area (Å²) in [5, 5.41) is 0. The van der Waals surface area contributed by atoms with E-state index in [9.17, 15) is 0 Å². The van der Waals surface area contributed by atoms with Gasteiger partial charge in [0.15, 0.2) is 0 Å². The molecule has 100 valence electrons. The zero-order valence-electron chi connectivity index (χ0n) is 10.9. The zero-order chi connectivity index (χ0) is 13.0. The van der Waals surface area contributed by atoms with Crippen LogP contribution in [-0.4, -0.2) is 34.6 Å². The Balaban J connectivity index is 2.22. The Kier molecular flexibility index (Phi) is 4.14. The summed E-state index contributed by atoms with van der Waals surface area (Å²) < 4.78 is 5.32. The molecule has 7 nitrogen and oxygen atoms in total. The third-order valence-electron chi connectivity index (χ3n) is 2.95. The van der Waals surface area contributed by atoms with Crippen LogP contribution in [0.1, 0.15) is 26.7 Å². The monoisotopic (exact) mass is 252 g/mol. The first-order chi connectivity index (χ1) is 8.72. The van der Waals surface area contributed by atoms with Crippen molar-refractivity contribution in [3.8, 4) is 6.01 Å². The van der Waals surface area contributed by atoms with E-state index in [4.69, 9.17) is 10.6 Å². The lowest BCUT2D eigenvalue weighted by Gasteiger charge is -2.30. The fraction of sp³-hybridized carbons (Fsp3) is 0.727. The number of nitrogen functional groups attached to an aromatic ring is 1. The van der Waals surface area contributed by atoms with Crippen molar-refractivity contribution in [1.82, 2.24) is 15.0 Å². The van der Waals surface area contributed by atoms with E-state index >= 15 is 0 Å². The minimum Gasteiger partial charge on any atom is -0.464 e. The Morgan fingerprint density at radius 1 is 1.44 bits per heavy atom. The van der Waals surface area contributed by atoms with E-state index in [1.165, 1.54) is 6.42 Å². The maximum Gasteiger partial charge on any atom is 0.323 e. The van der Waals surface area contributed by atoms with E-state index in [1.807, 2.05) is 6.92 Å². The minimum absolute atomic E-state index is 0.314. The molecule has 0 radical (unpaired) electrons. The number of piperidine rings is 1. The average molecular weight is 252 g/mol. The van der Waals surface area contributed by atoms with E-state index in [1.54, 1.807) is 0 Å². The first kappa shape index (κ1) is 12.8. The van der Waals surface area contributed by atoms with Crippen LogP contribution in [0.15, 0.2) is 0 Å². The summed E-state index contributed by atoms with van der Waals surface area (Å²) in [7, 11) is 0. The number of anilines is 2. The molecule has 7 heteroatoms. The predicted molar refractivity (Wildman–Crippen MR) is 69.4 cm³/mol. The van der Waals surface area contributed by atoms with Gasteiger partial charge in [0.05, 0.1) is 6.61 Å². The molecular formula is C11H20N6O. The highest BCUT2D eigenvalue weighted by Gasteiger charge is 2.20. The molecular weight excluding hydrogens is 232 g/mol. The fourth-order valence-electron chi connectivity index (χ4n) is 2.12. The highest BCUT2D eigenvalue weighted by Crippen LogP contribution is 2.21. The van der Waals surface area contributed by atoms with Crippen LogP contribution >= 0.6 is 0 Å². The lowest BCUT2D eigenvalue weighted by Crippen LogP contribution is -2.35. The highest BCUT2D eigenvalue weighted by molar-refractivity contribution is 5.38. The maximum atomic E-state index is 5.36. The molecule has 0 aliphatic carbocycles. The lowest BCUT2D eigenvalue weighted by atomic mass is 10.0. The quantitative estimate of drug-likeness (QED) is 0.605. The molecule has 2 heterocycles. The molecule has 1 aliphatic heterocycles. The molecule has 1 atom stereocenters. The molecule has 1 unspecified atom stereocenters. The second kappa shape index (κ2) is 5.81. The average Bonchev–Trinajstić information content (AvgIpc) is 2.39. The van der Waals surface area contributed by atoms with Crippen molar-refractivity contribution in [2.45, 2.75) is 26.7 Å². The number of rotatable bonds is 4. The number of hydrogen-bond acceptors (Lipinski definition) is 7. The predicted octanol–water partition coefficient (Wildman–Crippen LogP) is 0.792. The van der Waals surface area contributed by atoms with Crippen LogP contribution in [0, 0.1) is 5.92 Å². The van der Waals surface area contributed by atoms with Crippen molar-refractivity contribution in [1.29, 1.82) is 0 Å². The Morgan fingerprint density at radius 2 is 2.28 bits per heavy atom. The van der Waals surface area contributed by atoms with E-state index in [0.717, 1.165) is 19.5 Å². The number of hydrogen-bond donors (Lipinski definition) is 2. The van der Waals surface area contributed by atoms with E-state index in [2.05, 4.69) is 32.2 Å². The molecule has 1 aliphatic rings. The molecule has 0 amide bonds. The summed E-state index contributed by atoms with van der Waals surface area (Å²) in [6.07, 6.45) is 2.41. The summed E-state index contributed by atoms with van der Waals surface area (Å²) in [6, 6.07) is 0.314. The van der Waals surface area contributed by atoms with E-state index in [-0.39, 0.29) is 0 Å². The highest BCUT2D eigenvalue weighted by atomic mass is 16.5. The zero-order valence-corrected chi connectivity index (χ0v) is 10.9. The number of nitrogens with one attached hydrogen (secondary N) is 1. The third-order valence-corrected chi connectivity index (χ3v) is 2.95. The molecule has 1 aromatic heterocycles. The molecule has 0 bridgehead atoms. The van der Waals surface area contributed by atoms with Gasteiger partial charge in [0.1, 0.15) is 0 Å². The van der Waals surface area contributed by atoms with Crippen molar-refractivity contribution in [2.75, 3.05) is 30.0 Å². The van der Waals surface area contributed by atoms with Gasteiger partial charge in [-0.25, -0.2) is 5.84 Å². The number of ether oxygens (including phenoxy) is 1. The Bertz CT molecular complexity index is 399. The van der Waals surface area contributed by atoms with Crippen molar-refractivity contribution < 1.29 is 4.74 Å². The fourth-order valence-corrected chi connectivity index (χ4v) is 2.12. The number of hydrazine groups is 1. The largest absolute Gasteiger partial charge is 0.464 e. The van der Waals surface area contributed by atoms with Gasteiger partial charge in [-0.05, 0) is 25.7 Å². The first-order valence-corrected chi connectivity index (χ1v) is 6.33. The van der Waals surface area contributed by atoms with Gasteiger partial charge in [-0.3, -0.25) is 5.43 Å². The molecule has 0 saturated carbocycles. The van der Waals surface area contributed by atoms with Crippen molar-refractivity contribution >= 4 is 11.9 Å². The summed E-state index contributed by atoms with van der Waals surface area (Å²) in [4.78, 5) is 14.8. The molecule has 1 saturated heterocycles. The Labute approximate surface area is 107 Å². The minimum atomic E-state index is 0.314. The molecule has 2 rings (SSSR count). The second-order valence-electron chi connectivity index (χ2n) is 4.51. The molecule has 1 fully saturated rings. The van der Waals surface area contributed by atoms with Gasteiger partial charge >= 0.3 is 6.01 Å². The lowest BCUT2D eigenvalue weighted by molar-refractivity contribution is 0.311. The van der Waals surface area contributed by atoms with Crippen LogP contribution in [0.25, 0.3) is 0 Å². The van der Waals surface area contributed by atoms with Gasteiger partial charge in [-0.1, -0.05) is 6.92 Å². The van der Waals surface area contributed by atoms with E-state index in [0.29, 0.717) is 30.4 Å². The molecule has 0 aromatic carbocycles. The van der Waals surface area contributed by atoms with Crippen molar-refractivity contribution in [3.63, 3.8) is 0 Å².